The van der Waals surface area contributed by atoms with Gasteiger partial charge in [-0.25, -0.2) is 0 Å². The van der Waals surface area contributed by atoms with Crippen molar-refractivity contribution >= 4 is 27.3 Å². The number of amides is 1. The zero-order valence-corrected chi connectivity index (χ0v) is 12.8. The van der Waals surface area contributed by atoms with E-state index >= 15 is 0 Å². The first-order chi connectivity index (χ1) is 10.2. The lowest BCUT2D eigenvalue weighted by Crippen LogP contribution is -2.50. The van der Waals surface area contributed by atoms with E-state index < -0.39 is 0 Å². The maximum absolute atomic E-state index is 12.6. The van der Waals surface area contributed by atoms with Crippen molar-refractivity contribution in [3.05, 3.63) is 35.2 Å². The van der Waals surface area contributed by atoms with Gasteiger partial charge in [0.25, 0.3) is 5.91 Å². The van der Waals surface area contributed by atoms with Gasteiger partial charge in [0, 0.05) is 30.9 Å². The summed E-state index contributed by atoms with van der Waals surface area (Å²) in [6.07, 6.45) is 0. The van der Waals surface area contributed by atoms with Crippen molar-refractivity contribution in [2.45, 2.75) is 13.0 Å². The van der Waals surface area contributed by atoms with Crippen LogP contribution in [0.1, 0.15) is 16.6 Å². The number of nitriles is 1. The summed E-state index contributed by atoms with van der Waals surface area (Å²) in [5, 5.41) is 10.1. The molecule has 108 valence electrons. The number of hydrogen-bond acceptors (Lipinski definition) is 4. The molecule has 1 unspecified atom stereocenters. The molecule has 0 N–H and O–H groups in total. The van der Waals surface area contributed by atoms with Crippen LogP contribution in [0.2, 0.25) is 0 Å². The highest BCUT2D eigenvalue weighted by Crippen LogP contribution is 2.26. The molecule has 3 rings (SSSR count). The van der Waals surface area contributed by atoms with Crippen LogP contribution < -0.4 is 0 Å². The number of hydrogen-bond donors (Lipinski definition) is 0. The predicted molar refractivity (Wildman–Crippen MR) is 84.4 cm³/mol. The predicted octanol–water partition coefficient (Wildman–Crippen LogP) is 2.57. The lowest BCUT2D eigenvalue weighted by Gasteiger charge is -2.35. The fourth-order valence-electron chi connectivity index (χ4n) is 2.64. The standard InChI is InChI=1S/C16H17N3OS/c1-12(11-17)18-6-8-19(9-7-18)16(20)15-10-13-4-2-3-5-14(13)21-15/h2-5,10,12H,6-9H2,1H3. The second kappa shape index (κ2) is 5.84. The van der Waals surface area contributed by atoms with Crippen LogP contribution in [0.5, 0.6) is 0 Å². The average molecular weight is 299 g/mol. The van der Waals surface area contributed by atoms with Crippen LogP contribution >= 0.6 is 11.3 Å². The molecule has 0 spiro atoms. The Morgan fingerprint density at radius 3 is 2.67 bits per heavy atom. The van der Waals surface area contributed by atoms with Crippen molar-refractivity contribution in [3.63, 3.8) is 0 Å². The molecule has 0 saturated carbocycles. The molecule has 1 aliphatic heterocycles. The second-order valence-corrected chi connectivity index (χ2v) is 6.37. The largest absolute Gasteiger partial charge is 0.335 e. The highest BCUT2D eigenvalue weighted by atomic mass is 32.1. The first-order valence-corrected chi connectivity index (χ1v) is 7.92. The van der Waals surface area contributed by atoms with E-state index in [-0.39, 0.29) is 11.9 Å². The van der Waals surface area contributed by atoms with Crippen LogP contribution in [0, 0.1) is 11.3 Å². The van der Waals surface area contributed by atoms with Crippen LogP contribution in [0.25, 0.3) is 10.1 Å². The van der Waals surface area contributed by atoms with Crippen molar-refractivity contribution in [1.29, 1.82) is 5.26 Å². The molecule has 1 amide bonds. The SMILES string of the molecule is CC(C#N)N1CCN(C(=O)c2cc3ccccc3s2)CC1. The highest BCUT2D eigenvalue weighted by Gasteiger charge is 2.25. The minimum Gasteiger partial charge on any atom is -0.335 e. The highest BCUT2D eigenvalue weighted by molar-refractivity contribution is 7.20. The van der Waals surface area contributed by atoms with Gasteiger partial charge in [-0.2, -0.15) is 5.26 Å². The average Bonchev–Trinajstić information content (AvgIpc) is 2.97. The molecule has 0 aliphatic carbocycles. The number of thiophene rings is 1. The second-order valence-electron chi connectivity index (χ2n) is 5.28. The number of rotatable bonds is 2. The summed E-state index contributed by atoms with van der Waals surface area (Å²) in [7, 11) is 0. The molecular weight excluding hydrogens is 282 g/mol. The summed E-state index contributed by atoms with van der Waals surface area (Å²) in [5.41, 5.74) is 0. The van der Waals surface area contributed by atoms with Crippen molar-refractivity contribution in [2.24, 2.45) is 0 Å². The zero-order valence-electron chi connectivity index (χ0n) is 12.0. The van der Waals surface area contributed by atoms with E-state index in [1.54, 1.807) is 11.3 Å². The molecule has 1 atom stereocenters. The van der Waals surface area contributed by atoms with E-state index in [9.17, 15) is 4.79 Å². The molecule has 0 bridgehead atoms. The summed E-state index contributed by atoms with van der Waals surface area (Å²) in [5.74, 6) is 0.112. The Hall–Kier alpha value is -1.90. The molecule has 0 radical (unpaired) electrons. The van der Waals surface area contributed by atoms with Gasteiger partial charge in [-0.3, -0.25) is 9.69 Å². The first kappa shape index (κ1) is 14.1. The quantitative estimate of drug-likeness (QED) is 0.856. The molecule has 1 fully saturated rings. The summed E-state index contributed by atoms with van der Waals surface area (Å²) in [6.45, 7) is 4.83. The van der Waals surface area contributed by atoms with Gasteiger partial charge < -0.3 is 4.90 Å². The van der Waals surface area contributed by atoms with Crippen LogP contribution in [0.15, 0.2) is 30.3 Å². The van der Waals surface area contributed by atoms with Gasteiger partial charge in [0.05, 0.1) is 17.0 Å². The van der Waals surface area contributed by atoms with E-state index in [0.717, 1.165) is 28.1 Å². The van der Waals surface area contributed by atoms with E-state index in [4.69, 9.17) is 5.26 Å². The normalized spacial score (nSPS) is 17.6. The maximum atomic E-state index is 12.6. The van der Waals surface area contributed by atoms with E-state index in [0.29, 0.717) is 13.1 Å². The van der Waals surface area contributed by atoms with Gasteiger partial charge in [0.2, 0.25) is 0 Å². The van der Waals surface area contributed by atoms with Crippen molar-refractivity contribution < 1.29 is 4.79 Å². The van der Waals surface area contributed by atoms with Crippen LogP contribution in [-0.2, 0) is 0 Å². The Bertz CT molecular complexity index is 662. The Balaban J connectivity index is 1.71. The van der Waals surface area contributed by atoms with Gasteiger partial charge in [-0.05, 0) is 24.4 Å². The maximum Gasteiger partial charge on any atom is 0.264 e. The lowest BCUT2D eigenvalue weighted by atomic mass is 10.2. The fourth-order valence-corrected chi connectivity index (χ4v) is 3.67. The van der Waals surface area contributed by atoms with Gasteiger partial charge in [-0.1, -0.05) is 18.2 Å². The molecule has 21 heavy (non-hydrogen) atoms. The van der Waals surface area contributed by atoms with Crippen molar-refractivity contribution in [2.75, 3.05) is 26.2 Å². The fraction of sp³-hybridized carbons (Fsp3) is 0.375. The molecule has 2 aromatic rings. The number of carbonyl (C=O) groups is 1. The molecule has 4 nitrogen and oxygen atoms in total. The summed E-state index contributed by atoms with van der Waals surface area (Å²) < 4.78 is 1.15. The lowest BCUT2D eigenvalue weighted by molar-refractivity contribution is 0.0620. The van der Waals surface area contributed by atoms with E-state index in [1.165, 1.54) is 0 Å². The molecule has 5 heteroatoms. The number of nitrogens with zero attached hydrogens (tertiary/aromatic N) is 3. The van der Waals surface area contributed by atoms with Crippen molar-refractivity contribution in [3.8, 4) is 6.07 Å². The number of benzene rings is 1. The minimum atomic E-state index is -0.0772. The zero-order chi connectivity index (χ0) is 14.8. The summed E-state index contributed by atoms with van der Waals surface area (Å²) >= 11 is 1.55. The molecular formula is C16H17N3OS. The van der Waals surface area contributed by atoms with E-state index in [1.807, 2.05) is 42.2 Å². The van der Waals surface area contributed by atoms with E-state index in [2.05, 4.69) is 11.0 Å². The smallest absolute Gasteiger partial charge is 0.264 e. The first-order valence-electron chi connectivity index (χ1n) is 7.10. The number of piperazine rings is 1. The molecule has 2 heterocycles. The van der Waals surface area contributed by atoms with Gasteiger partial charge in [0.15, 0.2) is 0 Å². The molecule has 1 aromatic carbocycles. The number of carbonyl (C=O) groups excluding carboxylic acids is 1. The Morgan fingerprint density at radius 1 is 1.29 bits per heavy atom. The molecule has 1 aliphatic rings. The summed E-state index contributed by atoms with van der Waals surface area (Å²) in [4.78, 5) is 17.4. The van der Waals surface area contributed by atoms with Crippen molar-refractivity contribution in [1.82, 2.24) is 9.80 Å². The third-order valence-corrected chi connectivity index (χ3v) is 5.08. The van der Waals surface area contributed by atoms with Gasteiger partial charge >= 0.3 is 0 Å². The Kier molecular flexibility index (Phi) is 3.91. The Labute approximate surface area is 128 Å². The van der Waals surface area contributed by atoms with Crippen LogP contribution in [0.3, 0.4) is 0 Å². The molecule has 1 aromatic heterocycles. The topological polar surface area (TPSA) is 47.3 Å². The third kappa shape index (κ3) is 2.78. The van der Waals surface area contributed by atoms with Crippen LogP contribution in [-0.4, -0.2) is 47.9 Å². The third-order valence-electron chi connectivity index (χ3n) is 3.97. The molecule has 1 saturated heterocycles. The Morgan fingerprint density at radius 2 is 2.00 bits per heavy atom. The van der Waals surface area contributed by atoms with Gasteiger partial charge in [0.1, 0.15) is 0 Å². The monoisotopic (exact) mass is 299 g/mol. The minimum absolute atomic E-state index is 0.0772. The van der Waals surface area contributed by atoms with Crippen LogP contribution in [0.4, 0.5) is 0 Å². The van der Waals surface area contributed by atoms with Gasteiger partial charge in [-0.15, -0.1) is 11.3 Å². The number of fused-ring (bicyclic) bond motifs is 1. The summed E-state index contributed by atoms with van der Waals surface area (Å²) in [6, 6.07) is 12.2.